The van der Waals surface area contributed by atoms with Gasteiger partial charge in [-0.15, -0.1) is 11.3 Å². The fraction of sp³-hybridized carbons (Fsp3) is 0.375. The van der Waals surface area contributed by atoms with Gasteiger partial charge in [-0.05, 0) is 30.4 Å². The van der Waals surface area contributed by atoms with Crippen molar-refractivity contribution >= 4 is 33.3 Å². The van der Waals surface area contributed by atoms with Crippen LogP contribution in [0.5, 0.6) is 0 Å². The first kappa shape index (κ1) is 15.0. The molecule has 0 radical (unpaired) electrons. The van der Waals surface area contributed by atoms with E-state index in [1.165, 1.54) is 16.2 Å². The number of hydrogen-bond donors (Lipinski definition) is 1. The van der Waals surface area contributed by atoms with Crippen LogP contribution < -0.4 is 0 Å². The zero-order valence-electron chi connectivity index (χ0n) is 12.0. The summed E-state index contributed by atoms with van der Waals surface area (Å²) < 4.78 is 6.34. The summed E-state index contributed by atoms with van der Waals surface area (Å²) in [6, 6.07) is 9.56. The molecule has 5 nitrogen and oxygen atoms in total. The van der Waals surface area contributed by atoms with Gasteiger partial charge in [0.15, 0.2) is 0 Å². The summed E-state index contributed by atoms with van der Waals surface area (Å²) in [4.78, 5) is 26.0. The van der Waals surface area contributed by atoms with E-state index < -0.39 is 5.97 Å². The third kappa shape index (κ3) is 3.13. The molecule has 0 spiro atoms. The smallest absolute Gasteiger partial charge is 0.323 e. The van der Waals surface area contributed by atoms with Crippen molar-refractivity contribution < 1.29 is 19.4 Å². The summed E-state index contributed by atoms with van der Waals surface area (Å²) in [5.74, 6) is -1.18. The first-order valence-corrected chi connectivity index (χ1v) is 8.06. The van der Waals surface area contributed by atoms with Crippen molar-refractivity contribution in [2.75, 3.05) is 19.8 Å². The topological polar surface area (TPSA) is 66.8 Å². The van der Waals surface area contributed by atoms with E-state index in [0.717, 1.165) is 10.1 Å². The third-order valence-electron chi connectivity index (χ3n) is 3.83. The highest BCUT2D eigenvalue weighted by molar-refractivity contribution is 7.20. The highest BCUT2D eigenvalue weighted by Crippen LogP contribution is 2.27. The summed E-state index contributed by atoms with van der Waals surface area (Å²) >= 11 is 1.41. The first-order chi connectivity index (χ1) is 10.6. The minimum atomic E-state index is -0.985. The van der Waals surface area contributed by atoms with E-state index in [1.54, 1.807) is 0 Å². The van der Waals surface area contributed by atoms with Crippen molar-refractivity contribution in [2.24, 2.45) is 0 Å². The second kappa shape index (κ2) is 6.46. The predicted molar refractivity (Wildman–Crippen MR) is 84.3 cm³/mol. The summed E-state index contributed by atoms with van der Waals surface area (Å²) in [5.41, 5.74) is 0. The van der Waals surface area contributed by atoms with Gasteiger partial charge in [-0.3, -0.25) is 9.59 Å². The number of aliphatic carboxylic acids is 1. The third-order valence-corrected chi connectivity index (χ3v) is 4.94. The number of thiophene rings is 1. The lowest BCUT2D eigenvalue weighted by molar-refractivity contribution is -0.138. The Morgan fingerprint density at radius 2 is 2.00 bits per heavy atom. The number of carboxylic acid groups (broad SMARTS) is 1. The van der Waals surface area contributed by atoms with E-state index in [1.807, 2.05) is 30.3 Å². The van der Waals surface area contributed by atoms with Crippen molar-refractivity contribution in [3.05, 3.63) is 35.2 Å². The summed E-state index contributed by atoms with van der Waals surface area (Å²) in [7, 11) is 0. The van der Waals surface area contributed by atoms with Crippen molar-refractivity contribution in [3.63, 3.8) is 0 Å². The van der Waals surface area contributed by atoms with Gasteiger partial charge >= 0.3 is 5.97 Å². The molecule has 1 N–H and O–H groups in total. The number of amides is 1. The van der Waals surface area contributed by atoms with Crippen LogP contribution in [0.2, 0.25) is 0 Å². The monoisotopic (exact) mass is 319 g/mol. The van der Waals surface area contributed by atoms with Crippen LogP contribution in [0, 0.1) is 0 Å². The molecule has 0 saturated carbocycles. The maximum atomic E-state index is 12.8. The SMILES string of the molecule is O=C(O)CN(C(=O)c1cc2ccccc2s1)C1CCOCC1. The first-order valence-electron chi connectivity index (χ1n) is 7.24. The second-order valence-corrected chi connectivity index (χ2v) is 6.40. The molecule has 0 unspecified atom stereocenters. The zero-order valence-corrected chi connectivity index (χ0v) is 12.8. The number of rotatable bonds is 4. The Morgan fingerprint density at radius 1 is 1.27 bits per heavy atom. The van der Waals surface area contributed by atoms with E-state index in [9.17, 15) is 9.59 Å². The second-order valence-electron chi connectivity index (χ2n) is 5.32. The lowest BCUT2D eigenvalue weighted by Gasteiger charge is -2.32. The highest BCUT2D eigenvalue weighted by Gasteiger charge is 2.29. The molecule has 2 heterocycles. The van der Waals surface area contributed by atoms with Crippen LogP contribution in [0.4, 0.5) is 0 Å². The molecule has 1 aromatic carbocycles. The molecule has 0 atom stereocenters. The minimum absolute atomic E-state index is 0.0671. The van der Waals surface area contributed by atoms with Crippen LogP contribution in [-0.4, -0.2) is 47.7 Å². The number of benzene rings is 1. The Balaban J connectivity index is 1.88. The Bertz CT molecular complexity index is 657. The summed E-state index contributed by atoms with van der Waals surface area (Å²) in [5, 5.41) is 10.1. The summed E-state index contributed by atoms with van der Waals surface area (Å²) in [6.45, 7) is 0.874. The van der Waals surface area contributed by atoms with E-state index in [4.69, 9.17) is 9.84 Å². The van der Waals surface area contributed by atoms with Crippen molar-refractivity contribution in [1.82, 2.24) is 4.90 Å². The van der Waals surface area contributed by atoms with Crippen LogP contribution >= 0.6 is 11.3 Å². The van der Waals surface area contributed by atoms with Gasteiger partial charge < -0.3 is 14.7 Å². The largest absolute Gasteiger partial charge is 0.480 e. The standard InChI is InChI=1S/C16H17NO4S/c18-15(19)10-17(12-5-7-21-8-6-12)16(20)14-9-11-3-1-2-4-13(11)22-14/h1-4,9,12H,5-8,10H2,(H,18,19). The van der Waals surface area contributed by atoms with Gasteiger partial charge in [-0.1, -0.05) is 18.2 Å². The average molecular weight is 319 g/mol. The van der Waals surface area contributed by atoms with Crippen LogP contribution in [0.25, 0.3) is 10.1 Å². The van der Waals surface area contributed by atoms with Crippen LogP contribution in [0.1, 0.15) is 22.5 Å². The molecule has 2 aromatic rings. The van der Waals surface area contributed by atoms with E-state index in [-0.39, 0.29) is 18.5 Å². The Labute approximate surface area is 132 Å². The molecular weight excluding hydrogens is 302 g/mol. The number of carbonyl (C=O) groups is 2. The molecular formula is C16H17NO4S. The van der Waals surface area contributed by atoms with Gasteiger partial charge in [-0.2, -0.15) is 0 Å². The molecule has 3 rings (SSSR count). The number of carbonyl (C=O) groups excluding carboxylic acids is 1. The number of fused-ring (bicyclic) bond motifs is 1. The molecule has 1 aliphatic rings. The number of carboxylic acids is 1. The molecule has 0 aliphatic carbocycles. The lowest BCUT2D eigenvalue weighted by Crippen LogP contribution is -2.45. The number of ether oxygens (including phenoxy) is 1. The van der Waals surface area contributed by atoms with Gasteiger partial charge in [-0.25, -0.2) is 0 Å². The molecule has 6 heteroatoms. The maximum absolute atomic E-state index is 12.8. The van der Waals surface area contributed by atoms with Crippen LogP contribution in [0.15, 0.2) is 30.3 Å². The number of hydrogen-bond acceptors (Lipinski definition) is 4. The molecule has 1 aromatic heterocycles. The molecule has 1 saturated heterocycles. The normalized spacial score (nSPS) is 15.8. The molecule has 1 aliphatic heterocycles. The molecule has 22 heavy (non-hydrogen) atoms. The van der Waals surface area contributed by atoms with Gasteiger partial charge in [0.05, 0.1) is 4.88 Å². The highest BCUT2D eigenvalue weighted by atomic mass is 32.1. The quantitative estimate of drug-likeness (QED) is 0.940. The van der Waals surface area contributed by atoms with Gasteiger partial charge in [0.1, 0.15) is 6.54 Å². The number of nitrogens with zero attached hydrogens (tertiary/aromatic N) is 1. The molecule has 116 valence electrons. The molecule has 1 fully saturated rings. The van der Waals surface area contributed by atoms with Gasteiger partial charge in [0.25, 0.3) is 5.91 Å². The minimum Gasteiger partial charge on any atom is -0.480 e. The Morgan fingerprint density at radius 3 is 2.68 bits per heavy atom. The van der Waals surface area contributed by atoms with Crippen molar-refractivity contribution in [1.29, 1.82) is 0 Å². The molecule has 1 amide bonds. The fourth-order valence-electron chi connectivity index (χ4n) is 2.74. The van der Waals surface area contributed by atoms with E-state index in [2.05, 4.69) is 0 Å². The van der Waals surface area contributed by atoms with E-state index >= 15 is 0 Å². The Hall–Kier alpha value is -1.92. The summed E-state index contributed by atoms with van der Waals surface area (Å²) in [6.07, 6.45) is 1.37. The zero-order chi connectivity index (χ0) is 15.5. The average Bonchev–Trinajstić information content (AvgIpc) is 2.96. The van der Waals surface area contributed by atoms with E-state index in [0.29, 0.717) is 30.9 Å². The fourth-order valence-corrected chi connectivity index (χ4v) is 3.76. The molecule has 0 bridgehead atoms. The van der Waals surface area contributed by atoms with Crippen LogP contribution in [0.3, 0.4) is 0 Å². The van der Waals surface area contributed by atoms with Crippen LogP contribution in [-0.2, 0) is 9.53 Å². The Kier molecular flexibility index (Phi) is 4.40. The van der Waals surface area contributed by atoms with Crippen molar-refractivity contribution in [2.45, 2.75) is 18.9 Å². The lowest BCUT2D eigenvalue weighted by atomic mass is 10.1. The van der Waals surface area contributed by atoms with Crippen molar-refractivity contribution in [3.8, 4) is 0 Å². The predicted octanol–water partition coefficient (Wildman–Crippen LogP) is 2.61. The van der Waals surface area contributed by atoms with Gasteiger partial charge in [0.2, 0.25) is 0 Å². The maximum Gasteiger partial charge on any atom is 0.323 e. The van der Waals surface area contributed by atoms with Gasteiger partial charge in [0, 0.05) is 24.0 Å².